The highest BCUT2D eigenvalue weighted by molar-refractivity contribution is 6.35. The topological polar surface area (TPSA) is 75.6 Å². The van der Waals surface area contributed by atoms with Gasteiger partial charge in [0, 0.05) is 28.0 Å². The quantitative estimate of drug-likeness (QED) is 0.776. The van der Waals surface area contributed by atoms with Gasteiger partial charge < -0.3 is 4.57 Å². The molecule has 0 radical (unpaired) electrons. The summed E-state index contributed by atoms with van der Waals surface area (Å²) in [6, 6.07) is 7.52. The molecule has 7 heteroatoms. The minimum Gasteiger partial charge on any atom is -0.338 e. The Morgan fingerprint density at radius 2 is 2.23 bits per heavy atom. The Bertz CT molecular complexity index is 820. The Hall–Kier alpha value is -2.34. The molecule has 0 atom stereocenters. The summed E-state index contributed by atoms with van der Waals surface area (Å²) in [5.74, 6) is 1.08. The Morgan fingerprint density at radius 3 is 2.95 bits per heavy atom. The molecule has 0 bridgehead atoms. The van der Waals surface area contributed by atoms with E-state index in [0.29, 0.717) is 11.0 Å². The van der Waals surface area contributed by atoms with Crippen molar-refractivity contribution in [2.75, 3.05) is 5.32 Å². The van der Waals surface area contributed by atoms with Crippen LogP contribution in [-0.4, -0.2) is 25.7 Å². The fourth-order valence-electron chi connectivity index (χ4n) is 2.23. The van der Waals surface area contributed by atoms with Crippen molar-refractivity contribution in [1.29, 1.82) is 0 Å². The lowest BCUT2D eigenvalue weighted by Gasteiger charge is -2.05. The number of aromatic nitrogens is 4. The zero-order chi connectivity index (χ0) is 15.7. The number of rotatable bonds is 4. The number of benzene rings is 1. The van der Waals surface area contributed by atoms with Crippen LogP contribution in [0.3, 0.4) is 0 Å². The summed E-state index contributed by atoms with van der Waals surface area (Å²) in [6.07, 6.45) is 1.84. The predicted octanol–water partition coefficient (Wildman–Crippen LogP) is 3.17. The van der Waals surface area contributed by atoms with Crippen molar-refractivity contribution < 1.29 is 4.79 Å². The highest BCUT2D eigenvalue weighted by Gasteiger charge is 2.11. The molecule has 6 nitrogen and oxygen atoms in total. The Kier molecular flexibility index (Phi) is 3.85. The van der Waals surface area contributed by atoms with Crippen LogP contribution < -0.4 is 5.32 Å². The first kappa shape index (κ1) is 14.6. The normalized spacial score (nSPS) is 11.3. The minimum atomic E-state index is -0.188. The standard InChI is InChI=1S/C15H16ClN5O/c1-9(2)14-18-15(20-19-14)17-13(22)8-21-7-6-10-11(16)4-3-5-12(10)21/h3-7,9H,8H2,1-2H3,(H2,17,18,19,20,22). The second-order valence-corrected chi connectivity index (χ2v) is 5.77. The molecule has 0 aliphatic carbocycles. The molecular weight excluding hydrogens is 302 g/mol. The first-order chi connectivity index (χ1) is 10.5. The molecule has 0 spiro atoms. The maximum absolute atomic E-state index is 12.1. The van der Waals surface area contributed by atoms with Gasteiger partial charge in [-0.3, -0.25) is 15.2 Å². The van der Waals surface area contributed by atoms with Crippen molar-refractivity contribution in [3.8, 4) is 0 Å². The van der Waals surface area contributed by atoms with E-state index in [1.807, 2.05) is 48.9 Å². The average molecular weight is 318 g/mol. The third-order valence-corrected chi connectivity index (χ3v) is 3.70. The van der Waals surface area contributed by atoms with E-state index in [4.69, 9.17) is 11.6 Å². The molecule has 0 saturated heterocycles. The summed E-state index contributed by atoms with van der Waals surface area (Å²) in [5, 5.41) is 11.1. The van der Waals surface area contributed by atoms with E-state index in [1.165, 1.54) is 0 Å². The largest absolute Gasteiger partial charge is 0.338 e. The summed E-state index contributed by atoms with van der Waals surface area (Å²) in [5.41, 5.74) is 0.917. The van der Waals surface area contributed by atoms with Gasteiger partial charge in [-0.1, -0.05) is 31.5 Å². The summed E-state index contributed by atoms with van der Waals surface area (Å²) in [4.78, 5) is 16.4. The fourth-order valence-corrected chi connectivity index (χ4v) is 2.46. The van der Waals surface area contributed by atoms with Gasteiger partial charge in [0.05, 0.1) is 0 Å². The van der Waals surface area contributed by atoms with Gasteiger partial charge in [-0.15, -0.1) is 5.10 Å². The molecule has 3 rings (SSSR count). The van der Waals surface area contributed by atoms with Gasteiger partial charge in [0.25, 0.3) is 0 Å². The second kappa shape index (κ2) is 5.81. The molecular formula is C15H16ClN5O. The SMILES string of the molecule is CC(C)c1nc(NC(=O)Cn2ccc3c(Cl)cccc32)n[nH]1. The van der Waals surface area contributed by atoms with Crippen molar-refractivity contribution in [3.63, 3.8) is 0 Å². The third kappa shape index (κ3) is 2.82. The molecule has 3 aromatic rings. The third-order valence-electron chi connectivity index (χ3n) is 3.38. The number of nitrogens with one attached hydrogen (secondary N) is 2. The van der Waals surface area contributed by atoms with Crippen LogP contribution in [-0.2, 0) is 11.3 Å². The number of H-pyrrole nitrogens is 1. The smallest absolute Gasteiger partial charge is 0.248 e. The Morgan fingerprint density at radius 1 is 1.41 bits per heavy atom. The molecule has 0 unspecified atom stereocenters. The second-order valence-electron chi connectivity index (χ2n) is 5.36. The van der Waals surface area contributed by atoms with Crippen molar-refractivity contribution in [1.82, 2.24) is 19.7 Å². The summed E-state index contributed by atoms with van der Waals surface area (Å²) < 4.78 is 1.84. The summed E-state index contributed by atoms with van der Waals surface area (Å²) in [7, 11) is 0. The molecule has 0 aliphatic rings. The van der Waals surface area contributed by atoms with Crippen LogP contribution in [0.4, 0.5) is 5.95 Å². The summed E-state index contributed by atoms with van der Waals surface area (Å²) >= 11 is 6.13. The van der Waals surface area contributed by atoms with E-state index in [-0.39, 0.29) is 18.4 Å². The van der Waals surface area contributed by atoms with Crippen LogP contribution in [0.25, 0.3) is 10.9 Å². The Balaban J connectivity index is 1.74. The number of aromatic amines is 1. The van der Waals surface area contributed by atoms with Gasteiger partial charge in [0.2, 0.25) is 11.9 Å². The van der Waals surface area contributed by atoms with Crippen LogP contribution in [0.1, 0.15) is 25.6 Å². The number of hydrogen-bond donors (Lipinski definition) is 2. The van der Waals surface area contributed by atoms with Gasteiger partial charge in [-0.05, 0) is 18.2 Å². The van der Waals surface area contributed by atoms with Gasteiger partial charge in [-0.2, -0.15) is 4.98 Å². The number of halogens is 1. The van der Waals surface area contributed by atoms with Crippen LogP contribution in [0.15, 0.2) is 30.5 Å². The number of nitrogens with zero attached hydrogens (tertiary/aromatic N) is 3. The number of carbonyl (C=O) groups excluding carboxylic acids is 1. The molecule has 22 heavy (non-hydrogen) atoms. The molecule has 0 fully saturated rings. The average Bonchev–Trinajstić information content (AvgIpc) is 3.07. The van der Waals surface area contributed by atoms with Gasteiger partial charge in [0.15, 0.2) is 0 Å². The molecule has 2 heterocycles. The van der Waals surface area contributed by atoms with Gasteiger partial charge in [0.1, 0.15) is 12.4 Å². The monoisotopic (exact) mass is 317 g/mol. The van der Waals surface area contributed by atoms with Crippen molar-refractivity contribution in [3.05, 3.63) is 41.3 Å². The maximum atomic E-state index is 12.1. The van der Waals surface area contributed by atoms with Crippen molar-refractivity contribution in [2.24, 2.45) is 0 Å². The molecule has 114 valence electrons. The zero-order valence-corrected chi connectivity index (χ0v) is 13.1. The number of fused-ring (bicyclic) bond motifs is 1. The zero-order valence-electron chi connectivity index (χ0n) is 12.3. The number of amides is 1. The number of anilines is 1. The van der Waals surface area contributed by atoms with E-state index >= 15 is 0 Å². The first-order valence-electron chi connectivity index (χ1n) is 7.00. The van der Waals surface area contributed by atoms with E-state index in [2.05, 4.69) is 20.5 Å². The Labute approximate surface area is 132 Å². The molecule has 1 amide bonds. The van der Waals surface area contributed by atoms with Crippen LogP contribution in [0.5, 0.6) is 0 Å². The van der Waals surface area contributed by atoms with E-state index in [9.17, 15) is 4.79 Å². The van der Waals surface area contributed by atoms with E-state index < -0.39 is 0 Å². The van der Waals surface area contributed by atoms with Crippen molar-refractivity contribution >= 4 is 34.4 Å². The highest BCUT2D eigenvalue weighted by atomic mass is 35.5. The molecule has 1 aromatic carbocycles. The molecule has 2 N–H and O–H groups in total. The lowest BCUT2D eigenvalue weighted by Crippen LogP contribution is -2.19. The maximum Gasteiger partial charge on any atom is 0.248 e. The van der Waals surface area contributed by atoms with Crippen LogP contribution in [0.2, 0.25) is 5.02 Å². The minimum absolute atomic E-state index is 0.176. The van der Waals surface area contributed by atoms with Crippen LogP contribution in [0, 0.1) is 0 Å². The van der Waals surface area contributed by atoms with Gasteiger partial charge >= 0.3 is 0 Å². The predicted molar refractivity (Wildman–Crippen MR) is 86.0 cm³/mol. The highest BCUT2D eigenvalue weighted by Crippen LogP contribution is 2.24. The first-order valence-corrected chi connectivity index (χ1v) is 7.38. The molecule has 0 saturated carbocycles. The van der Waals surface area contributed by atoms with Crippen LogP contribution >= 0.6 is 11.6 Å². The summed E-state index contributed by atoms with van der Waals surface area (Å²) in [6.45, 7) is 4.18. The fraction of sp³-hybridized carbons (Fsp3) is 0.267. The number of hydrogen-bond acceptors (Lipinski definition) is 3. The lowest BCUT2D eigenvalue weighted by molar-refractivity contribution is -0.116. The number of carbonyl (C=O) groups is 1. The van der Waals surface area contributed by atoms with Gasteiger partial charge in [-0.25, -0.2) is 0 Å². The lowest BCUT2D eigenvalue weighted by atomic mass is 10.2. The van der Waals surface area contributed by atoms with E-state index in [0.717, 1.165) is 16.7 Å². The molecule has 0 aliphatic heterocycles. The molecule has 2 aromatic heterocycles. The van der Waals surface area contributed by atoms with Crippen molar-refractivity contribution in [2.45, 2.75) is 26.3 Å². The van der Waals surface area contributed by atoms with E-state index in [1.54, 1.807) is 0 Å².